The molecular formula is C14H19ClN2O3. The van der Waals surface area contributed by atoms with Crippen molar-refractivity contribution < 1.29 is 14.7 Å². The summed E-state index contributed by atoms with van der Waals surface area (Å²) in [6.45, 7) is 1.60. The van der Waals surface area contributed by atoms with E-state index in [0.29, 0.717) is 10.7 Å². The van der Waals surface area contributed by atoms with Crippen molar-refractivity contribution in [3.63, 3.8) is 0 Å². The second-order valence-corrected chi connectivity index (χ2v) is 5.04. The second kappa shape index (κ2) is 7.87. The van der Waals surface area contributed by atoms with Gasteiger partial charge in [-0.1, -0.05) is 24.9 Å². The lowest BCUT2D eigenvalue weighted by Crippen LogP contribution is -2.39. The first kappa shape index (κ1) is 16.5. The molecule has 0 aliphatic carbocycles. The third-order valence-corrected chi connectivity index (χ3v) is 3.08. The molecule has 20 heavy (non-hydrogen) atoms. The molecule has 1 atom stereocenters. The minimum Gasteiger partial charge on any atom is -0.480 e. The zero-order valence-electron chi connectivity index (χ0n) is 11.4. The number of rotatable bonds is 7. The maximum absolute atomic E-state index is 12.2. The molecule has 0 saturated carbocycles. The Bertz CT molecular complexity index is 462. The lowest BCUT2D eigenvalue weighted by atomic mass is 10.1. The minimum absolute atomic E-state index is 0.129. The molecule has 5 nitrogen and oxygen atoms in total. The number of amides is 1. The van der Waals surface area contributed by atoms with Crippen LogP contribution in [0.2, 0.25) is 5.02 Å². The molecule has 0 aliphatic rings. The van der Waals surface area contributed by atoms with Gasteiger partial charge in [0, 0.05) is 23.2 Å². The van der Waals surface area contributed by atoms with Crippen molar-refractivity contribution in [2.45, 2.75) is 32.2 Å². The van der Waals surface area contributed by atoms with Crippen molar-refractivity contribution in [2.75, 3.05) is 11.4 Å². The minimum atomic E-state index is -1.07. The standard InChI is InChI=1S/C14H19ClN2O3/c1-2-3-11(16)8-13(18)17(9-14(19)20)12-6-4-10(15)5-7-12/h4-7,11H,2-3,8-9,16H2,1H3,(H,19,20). The Hall–Kier alpha value is -1.59. The van der Waals surface area contributed by atoms with E-state index in [1.54, 1.807) is 24.3 Å². The van der Waals surface area contributed by atoms with Gasteiger partial charge in [0.25, 0.3) is 0 Å². The number of aliphatic carboxylic acids is 1. The summed E-state index contributed by atoms with van der Waals surface area (Å²) in [5.74, 6) is -1.37. The van der Waals surface area contributed by atoms with Crippen molar-refractivity contribution in [1.82, 2.24) is 0 Å². The third kappa shape index (κ3) is 5.19. The number of benzene rings is 1. The van der Waals surface area contributed by atoms with Gasteiger partial charge in [0.05, 0.1) is 0 Å². The molecule has 6 heteroatoms. The summed E-state index contributed by atoms with van der Waals surface area (Å²) in [7, 11) is 0. The largest absolute Gasteiger partial charge is 0.480 e. The number of carboxylic acid groups (broad SMARTS) is 1. The van der Waals surface area contributed by atoms with Gasteiger partial charge in [0.2, 0.25) is 5.91 Å². The van der Waals surface area contributed by atoms with Gasteiger partial charge < -0.3 is 15.7 Å². The summed E-state index contributed by atoms with van der Waals surface area (Å²) in [6, 6.07) is 6.22. The van der Waals surface area contributed by atoms with Crippen LogP contribution in [0.15, 0.2) is 24.3 Å². The molecule has 0 saturated heterocycles. The maximum Gasteiger partial charge on any atom is 0.323 e. The van der Waals surface area contributed by atoms with Gasteiger partial charge >= 0.3 is 5.97 Å². The molecule has 0 bridgehead atoms. The number of carboxylic acids is 1. The molecule has 1 rings (SSSR count). The van der Waals surface area contributed by atoms with Crippen LogP contribution in [0.3, 0.4) is 0 Å². The Labute approximate surface area is 123 Å². The molecular weight excluding hydrogens is 280 g/mol. The van der Waals surface area contributed by atoms with Crippen LogP contribution in [0.1, 0.15) is 26.2 Å². The summed E-state index contributed by atoms with van der Waals surface area (Å²) in [5, 5.41) is 9.46. The fourth-order valence-corrected chi connectivity index (χ4v) is 2.01. The number of carbonyl (C=O) groups excluding carboxylic acids is 1. The summed E-state index contributed by atoms with van der Waals surface area (Å²) in [6.07, 6.45) is 1.74. The fourth-order valence-electron chi connectivity index (χ4n) is 1.89. The van der Waals surface area contributed by atoms with Gasteiger partial charge in [0.1, 0.15) is 6.54 Å². The molecule has 0 aromatic heterocycles. The van der Waals surface area contributed by atoms with E-state index in [-0.39, 0.29) is 24.9 Å². The van der Waals surface area contributed by atoms with Crippen molar-refractivity contribution in [3.8, 4) is 0 Å². The molecule has 0 spiro atoms. The molecule has 1 unspecified atom stereocenters. The third-order valence-electron chi connectivity index (χ3n) is 2.83. The highest BCUT2D eigenvalue weighted by molar-refractivity contribution is 6.30. The molecule has 1 aromatic carbocycles. The van der Waals surface area contributed by atoms with Crippen molar-refractivity contribution in [3.05, 3.63) is 29.3 Å². The van der Waals surface area contributed by atoms with E-state index in [1.807, 2.05) is 6.92 Å². The normalized spacial score (nSPS) is 11.9. The Balaban J connectivity index is 2.85. The van der Waals surface area contributed by atoms with Crippen molar-refractivity contribution in [1.29, 1.82) is 0 Å². The van der Waals surface area contributed by atoms with E-state index >= 15 is 0 Å². The number of hydrogen-bond acceptors (Lipinski definition) is 3. The van der Waals surface area contributed by atoms with E-state index < -0.39 is 5.97 Å². The van der Waals surface area contributed by atoms with Gasteiger partial charge in [-0.05, 0) is 30.7 Å². The number of carbonyl (C=O) groups is 2. The Morgan fingerprint density at radius 2 is 1.95 bits per heavy atom. The van der Waals surface area contributed by atoms with Crippen LogP contribution in [0.5, 0.6) is 0 Å². The molecule has 1 amide bonds. The number of nitrogens with zero attached hydrogens (tertiary/aromatic N) is 1. The Kier molecular flexibility index (Phi) is 6.48. The van der Waals surface area contributed by atoms with E-state index in [1.165, 1.54) is 4.90 Å². The predicted molar refractivity (Wildman–Crippen MR) is 78.9 cm³/mol. The van der Waals surface area contributed by atoms with Crippen LogP contribution < -0.4 is 10.6 Å². The van der Waals surface area contributed by atoms with E-state index in [0.717, 1.165) is 12.8 Å². The highest BCUT2D eigenvalue weighted by Crippen LogP contribution is 2.19. The van der Waals surface area contributed by atoms with Crippen LogP contribution in [-0.2, 0) is 9.59 Å². The zero-order valence-corrected chi connectivity index (χ0v) is 12.1. The molecule has 0 fully saturated rings. The summed E-state index contributed by atoms with van der Waals surface area (Å²) >= 11 is 5.79. The number of anilines is 1. The van der Waals surface area contributed by atoms with Crippen LogP contribution >= 0.6 is 11.6 Å². The molecule has 1 aromatic rings. The summed E-state index contributed by atoms with van der Waals surface area (Å²) in [5.41, 5.74) is 6.34. The van der Waals surface area contributed by atoms with Crippen LogP contribution in [-0.4, -0.2) is 29.6 Å². The first-order chi connectivity index (χ1) is 9.43. The van der Waals surface area contributed by atoms with E-state index in [9.17, 15) is 9.59 Å². The average molecular weight is 299 g/mol. The monoisotopic (exact) mass is 298 g/mol. The second-order valence-electron chi connectivity index (χ2n) is 4.60. The summed E-state index contributed by atoms with van der Waals surface area (Å²) in [4.78, 5) is 24.3. The SMILES string of the molecule is CCCC(N)CC(=O)N(CC(=O)O)c1ccc(Cl)cc1. The number of nitrogens with two attached hydrogens (primary N) is 1. The van der Waals surface area contributed by atoms with Gasteiger partial charge in [-0.2, -0.15) is 0 Å². The van der Waals surface area contributed by atoms with Crippen molar-refractivity contribution in [2.24, 2.45) is 5.73 Å². The lowest BCUT2D eigenvalue weighted by molar-refractivity contribution is -0.136. The van der Waals surface area contributed by atoms with Crippen molar-refractivity contribution >= 4 is 29.2 Å². The fraction of sp³-hybridized carbons (Fsp3) is 0.429. The average Bonchev–Trinajstić information content (AvgIpc) is 2.37. The van der Waals surface area contributed by atoms with Gasteiger partial charge in [-0.25, -0.2) is 0 Å². The maximum atomic E-state index is 12.2. The highest BCUT2D eigenvalue weighted by Gasteiger charge is 2.20. The molecule has 0 radical (unpaired) electrons. The van der Waals surface area contributed by atoms with Crippen LogP contribution in [0, 0.1) is 0 Å². The molecule has 3 N–H and O–H groups in total. The highest BCUT2D eigenvalue weighted by atomic mass is 35.5. The number of halogens is 1. The zero-order chi connectivity index (χ0) is 15.1. The quantitative estimate of drug-likeness (QED) is 0.809. The predicted octanol–water partition coefficient (Wildman–Crippen LogP) is 2.28. The Morgan fingerprint density at radius 3 is 2.45 bits per heavy atom. The van der Waals surface area contributed by atoms with Gasteiger partial charge in [0.15, 0.2) is 0 Å². The number of hydrogen-bond donors (Lipinski definition) is 2. The van der Waals surface area contributed by atoms with Gasteiger partial charge in [-0.3, -0.25) is 9.59 Å². The first-order valence-electron chi connectivity index (χ1n) is 6.47. The Morgan fingerprint density at radius 1 is 1.35 bits per heavy atom. The molecule has 110 valence electrons. The molecule has 0 aliphatic heterocycles. The summed E-state index contributed by atoms with van der Waals surface area (Å²) < 4.78 is 0. The van der Waals surface area contributed by atoms with Gasteiger partial charge in [-0.15, -0.1) is 0 Å². The van der Waals surface area contributed by atoms with Crippen LogP contribution in [0.4, 0.5) is 5.69 Å². The lowest BCUT2D eigenvalue weighted by Gasteiger charge is -2.22. The van der Waals surface area contributed by atoms with E-state index in [2.05, 4.69) is 0 Å². The first-order valence-corrected chi connectivity index (χ1v) is 6.85. The molecule has 0 heterocycles. The topological polar surface area (TPSA) is 83.6 Å². The van der Waals surface area contributed by atoms with E-state index in [4.69, 9.17) is 22.4 Å². The smallest absolute Gasteiger partial charge is 0.323 e. The van der Waals surface area contributed by atoms with Crippen LogP contribution in [0.25, 0.3) is 0 Å².